The topological polar surface area (TPSA) is 103 Å². The number of hydrogen-bond donors (Lipinski definition) is 1. The van der Waals surface area contributed by atoms with Gasteiger partial charge in [0, 0.05) is 47.9 Å². The van der Waals surface area contributed by atoms with E-state index in [4.69, 9.17) is 19.4 Å². The highest BCUT2D eigenvalue weighted by Gasteiger charge is 2.35. The third kappa shape index (κ3) is 5.37. The van der Waals surface area contributed by atoms with E-state index in [1.54, 1.807) is 6.92 Å². The lowest BCUT2D eigenvalue weighted by molar-refractivity contribution is -0.160. The van der Waals surface area contributed by atoms with E-state index in [1.807, 2.05) is 45.4 Å². The van der Waals surface area contributed by atoms with Gasteiger partial charge in [-0.1, -0.05) is 0 Å². The number of benzene rings is 1. The smallest absolute Gasteiger partial charge is 0.337 e. The molecular formula is C32H38FN5O4S. The van der Waals surface area contributed by atoms with E-state index >= 15 is 4.39 Å². The normalized spacial score (nSPS) is 16.3. The number of halogens is 1. The number of aliphatic carboxylic acids is 1. The summed E-state index contributed by atoms with van der Waals surface area (Å²) in [5.74, 6) is -0.581. The molecule has 1 N–H and O–H groups in total. The number of ether oxygens (including phenoxy) is 2. The van der Waals surface area contributed by atoms with Crippen LogP contribution >= 0.6 is 11.5 Å². The molecule has 3 aromatic heterocycles. The molecule has 11 heteroatoms. The number of piperidine rings is 1. The highest BCUT2D eigenvalue weighted by molar-refractivity contribution is 7.09. The van der Waals surface area contributed by atoms with Crippen molar-refractivity contribution < 1.29 is 23.8 Å². The van der Waals surface area contributed by atoms with Gasteiger partial charge in [-0.15, -0.1) is 0 Å². The SMILES string of the molecule is Cc1nc2c(cc(-c3nc(N4CCCCC4)ns3)n2C)c(-c2cc(F)c3c(c2C)CCCO3)c1[C@H](OC(C)(C)C)C(=O)O. The number of carbonyl (C=O) groups is 1. The number of nitrogens with zero attached hydrogens (tertiary/aromatic N) is 5. The van der Waals surface area contributed by atoms with Gasteiger partial charge in [0.25, 0.3) is 0 Å². The van der Waals surface area contributed by atoms with Crippen LogP contribution in [0.4, 0.5) is 10.3 Å². The zero-order valence-electron chi connectivity index (χ0n) is 25.6. The van der Waals surface area contributed by atoms with Gasteiger partial charge in [-0.05, 0) is 102 Å². The van der Waals surface area contributed by atoms with Crippen molar-refractivity contribution in [3.05, 3.63) is 40.3 Å². The van der Waals surface area contributed by atoms with E-state index in [0.717, 1.165) is 60.1 Å². The summed E-state index contributed by atoms with van der Waals surface area (Å²) < 4.78 is 34.2. The van der Waals surface area contributed by atoms with Gasteiger partial charge in [0.05, 0.1) is 17.9 Å². The van der Waals surface area contributed by atoms with Crippen molar-refractivity contribution in [2.45, 2.75) is 78.4 Å². The Morgan fingerprint density at radius 2 is 1.88 bits per heavy atom. The molecule has 1 saturated heterocycles. The van der Waals surface area contributed by atoms with E-state index in [1.165, 1.54) is 24.0 Å². The van der Waals surface area contributed by atoms with Gasteiger partial charge in [-0.2, -0.15) is 9.36 Å². The first kappa shape index (κ1) is 29.5. The van der Waals surface area contributed by atoms with E-state index in [9.17, 15) is 9.90 Å². The number of pyridine rings is 1. The minimum Gasteiger partial charge on any atom is -0.490 e. The highest BCUT2D eigenvalue weighted by atomic mass is 32.1. The van der Waals surface area contributed by atoms with Gasteiger partial charge in [0.2, 0.25) is 5.95 Å². The molecule has 0 amide bonds. The number of anilines is 1. The zero-order valence-corrected chi connectivity index (χ0v) is 26.4. The molecule has 0 radical (unpaired) electrons. The Kier molecular flexibility index (Phi) is 7.66. The molecule has 6 rings (SSSR count). The first-order valence-corrected chi connectivity index (χ1v) is 15.7. The largest absolute Gasteiger partial charge is 0.490 e. The van der Waals surface area contributed by atoms with Crippen LogP contribution in [0.3, 0.4) is 0 Å². The second-order valence-electron chi connectivity index (χ2n) is 12.5. The Labute approximate surface area is 254 Å². The molecule has 9 nitrogen and oxygen atoms in total. The predicted molar refractivity (Wildman–Crippen MR) is 166 cm³/mol. The number of aryl methyl sites for hydroxylation is 2. The van der Waals surface area contributed by atoms with Gasteiger partial charge < -0.3 is 24.0 Å². The summed E-state index contributed by atoms with van der Waals surface area (Å²) in [4.78, 5) is 24.9. The molecule has 5 heterocycles. The molecule has 2 aliphatic rings. The van der Waals surface area contributed by atoms with Crippen LogP contribution in [-0.4, -0.2) is 55.3 Å². The fraction of sp³-hybridized carbons (Fsp3) is 0.500. The number of aromatic nitrogens is 4. The van der Waals surface area contributed by atoms with Crippen LogP contribution in [0.15, 0.2) is 12.1 Å². The van der Waals surface area contributed by atoms with Crippen LogP contribution in [0.1, 0.15) is 74.9 Å². The minimum atomic E-state index is -1.32. The van der Waals surface area contributed by atoms with Gasteiger partial charge in [-0.25, -0.2) is 14.2 Å². The van der Waals surface area contributed by atoms with Crippen molar-refractivity contribution in [2.75, 3.05) is 24.6 Å². The van der Waals surface area contributed by atoms with E-state index in [2.05, 4.69) is 9.27 Å². The first-order chi connectivity index (χ1) is 20.4. The Morgan fingerprint density at radius 1 is 1.14 bits per heavy atom. The second kappa shape index (κ2) is 11.2. The second-order valence-corrected chi connectivity index (χ2v) is 13.2. The van der Waals surface area contributed by atoms with Gasteiger partial charge in [-0.3, -0.25) is 0 Å². The Balaban J connectivity index is 1.62. The van der Waals surface area contributed by atoms with Crippen LogP contribution in [0, 0.1) is 19.7 Å². The standard InChI is InChI=1S/C32H38FN5O4S/c1-17-19-11-10-14-41-26(19)22(33)15-20(17)25-21-16-23(29-35-31(36-43-29)38-12-8-7-9-13-38)37(6)28(21)34-18(2)24(25)27(30(39)40)42-32(3,4)5/h15-16,27H,7-14H2,1-6H3,(H,39,40)/t27-/m0/s1. The summed E-state index contributed by atoms with van der Waals surface area (Å²) in [6.07, 6.45) is 3.61. The third-order valence-electron chi connectivity index (χ3n) is 8.34. The van der Waals surface area contributed by atoms with E-state index < -0.39 is 23.5 Å². The summed E-state index contributed by atoms with van der Waals surface area (Å²) in [6.45, 7) is 11.6. The van der Waals surface area contributed by atoms with Crippen LogP contribution in [0.2, 0.25) is 0 Å². The monoisotopic (exact) mass is 607 g/mol. The van der Waals surface area contributed by atoms with Crippen molar-refractivity contribution >= 4 is 34.5 Å². The number of carboxylic acid groups (broad SMARTS) is 1. The average Bonchev–Trinajstić information content (AvgIpc) is 3.58. The maximum Gasteiger partial charge on any atom is 0.337 e. The van der Waals surface area contributed by atoms with Gasteiger partial charge in [0.15, 0.2) is 22.7 Å². The Morgan fingerprint density at radius 3 is 2.58 bits per heavy atom. The summed E-state index contributed by atoms with van der Waals surface area (Å²) >= 11 is 1.33. The summed E-state index contributed by atoms with van der Waals surface area (Å²) in [5.41, 5.74) is 4.50. The van der Waals surface area contributed by atoms with Crippen molar-refractivity contribution in [1.82, 2.24) is 18.9 Å². The van der Waals surface area contributed by atoms with Crippen LogP contribution in [0.5, 0.6) is 5.75 Å². The van der Waals surface area contributed by atoms with Crippen molar-refractivity contribution in [1.29, 1.82) is 0 Å². The molecular weight excluding hydrogens is 569 g/mol. The van der Waals surface area contributed by atoms with Gasteiger partial charge >= 0.3 is 5.97 Å². The summed E-state index contributed by atoms with van der Waals surface area (Å²) in [6, 6.07) is 3.45. The molecule has 1 atom stereocenters. The van der Waals surface area contributed by atoms with Crippen LogP contribution < -0.4 is 9.64 Å². The lowest BCUT2D eigenvalue weighted by atomic mass is 9.86. The predicted octanol–water partition coefficient (Wildman–Crippen LogP) is 6.77. The Hall–Kier alpha value is -3.57. The lowest BCUT2D eigenvalue weighted by Gasteiger charge is -2.29. The zero-order chi connectivity index (χ0) is 30.6. The first-order valence-electron chi connectivity index (χ1n) is 14.9. The van der Waals surface area contributed by atoms with E-state index in [0.29, 0.717) is 46.4 Å². The molecule has 0 saturated carbocycles. The molecule has 2 aliphatic heterocycles. The summed E-state index contributed by atoms with van der Waals surface area (Å²) in [7, 11) is 1.92. The summed E-state index contributed by atoms with van der Waals surface area (Å²) in [5, 5.41) is 11.9. The number of carboxylic acids is 1. The highest BCUT2D eigenvalue weighted by Crippen LogP contribution is 2.45. The molecule has 4 aromatic rings. The number of rotatable bonds is 6. The van der Waals surface area contributed by atoms with Gasteiger partial charge in [0.1, 0.15) is 5.65 Å². The molecule has 228 valence electrons. The number of hydrogen-bond acceptors (Lipinski definition) is 8. The molecule has 1 aromatic carbocycles. The fourth-order valence-corrected chi connectivity index (χ4v) is 7.06. The van der Waals surface area contributed by atoms with Crippen LogP contribution in [-0.2, 0) is 23.0 Å². The Bertz CT molecular complexity index is 1720. The molecule has 0 bridgehead atoms. The lowest BCUT2D eigenvalue weighted by Crippen LogP contribution is -2.30. The van der Waals surface area contributed by atoms with Crippen molar-refractivity contribution in [2.24, 2.45) is 7.05 Å². The van der Waals surface area contributed by atoms with Crippen molar-refractivity contribution in [3.63, 3.8) is 0 Å². The maximum absolute atomic E-state index is 15.7. The van der Waals surface area contributed by atoms with Crippen LogP contribution in [0.25, 0.3) is 32.9 Å². The van der Waals surface area contributed by atoms with E-state index in [-0.39, 0.29) is 5.75 Å². The maximum atomic E-state index is 15.7. The quantitative estimate of drug-likeness (QED) is 0.256. The molecule has 0 spiro atoms. The molecule has 1 fully saturated rings. The minimum absolute atomic E-state index is 0.282. The fourth-order valence-electron chi connectivity index (χ4n) is 6.32. The molecule has 0 aliphatic carbocycles. The molecule has 0 unspecified atom stereocenters. The molecule has 43 heavy (non-hydrogen) atoms. The average molecular weight is 608 g/mol. The van der Waals surface area contributed by atoms with Crippen molar-refractivity contribution in [3.8, 4) is 27.6 Å². The third-order valence-corrected chi connectivity index (χ3v) is 9.07. The number of fused-ring (bicyclic) bond motifs is 2.